The summed E-state index contributed by atoms with van der Waals surface area (Å²) in [4.78, 5) is 12.4. The lowest BCUT2D eigenvalue weighted by molar-refractivity contribution is -0.137. The molecule has 0 radical (unpaired) electrons. The fourth-order valence-electron chi connectivity index (χ4n) is 4.25. The molecule has 2 N–H and O–H groups in total. The van der Waals surface area contributed by atoms with Gasteiger partial charge in [0, 0.05) is 29.2 Å². The van der Waals surface area contributed by atoms with E-state index < -0.39 is 17.6 Å². The average Bonchev–Trinajstić information content (AvgIpc) is 2.78. The third kappa shape index (κ3) is 5.19. The summed E-state index contributed by atoms with van der Waals surface area (Å²) in [5, 5.41) is 8.87. The summed E-state index contributed by atoms with van der Waals surface area (Å²) in [5.74, 6) is 0.0594. The molecule has 3 aromatic rings. The molecule has 4 rings (SSSR count). The Balaban J connectivity index is 1.28. The Bertz CT molecular complexity index is 1050. The van der Waals surface area contributed by atoms with Gasteiger partial charge in [-0.1, -0.05) is 42.5 Å². The van der Waals surface area contributed by atoms with Crippen molar-refractivity contribution in [1.29, 1.82) is 0 Å². The molecule has 0 spiro atoms. The van der Waals surface area contributed by atoms with Crippen molar-refractivity contribution < 1.29 is 18.0 Å². The van der Waals surface area contributed by atoms with E-state index in [-0.39, 0.29) is 11.6 Å². The summed E-state index contributed by atoms with van der Waals surface area (Å²) in [6.45, 7) is 0.863. The highest BCUT2D eigenvalue weighted by Gasteiger charge is 2.31. The van der Waals surface area contributed by atoms with Gasteiger partial charge in [-0.2, -0.15) is 13.2 Å². The van der Waals surface area contributed by atoms with Gasteiger partial charge in [-0.05, 0) is 61.3 Å². The van der Waals surface area contributed by atoms with Crippen LogP contribution < -0.4 is 10.6 Å². The lowest BCUT2D eigenvalue weighted by Gasteiger charge is -2.29. The number of hydrogen-bond acceptors (Lipinski definition) is 2. The van der Waals surface area contributed by atoms with E-state index in [1.54, 1.807) is 0 Å². The summed E-state index contributed by atoms with van der Waals surface area (Å²) in [6, 6.07) is 19.1. The van der Waals surface area contributed by atoms with Gasteiger partial charge in [-0.3, -0.25) is 4.79 Å². The number of alkyl halides is 3. The number of benzene rings is 3. The molecule has 0 heterocycles. The van der Waals surface area contributed by atoms with Crippen LogP contribution in [0.4, 0.5) is 18.9 Å². The largest absolute Gasteiger partial charge is 0.416 e. The van der Waals surface area contributed by atoms with Crippen LogP contribution in [0.5, 0.6) is 0 Å². The number of carbonyl (C=O) groups is 1. The zero-order valence-corrected chi connectivity index (χ0v) is 17.1. The molecule has 0 bridgehead atoms. The fraction of sp³-hybridized carbons (Fsp3) is 0.320. The highest BCUT2D eigenvalue weighted by Crippen LogP contribution is 2.30. The maximum absolute atomic E-state index is 12.9. The van der Waals surface area contributed by atoms with Crippen LogP contribution in [0.25, 0.3) is 10.8 Å². The second kappa shape index (κ2) is 9.00. The van der Waals surface area contributed by atoms with Gasteiger partial charge in [-0.25, -0.2) is 0 Å². The van der Waals surface area contributed by atoms with Crippen molar-refractivity contribution >= 4 is 22.4 Å². The molecule has 31 heavy (non-hydrogen) atoms. The molecule has 0 atom stereocenters. The normalized spacial score (nSPS) is 19.2. The zero-order valence-electron chi connectivity index (χ0n) is 17.1. The Hall–Kier alpha value is -3.02. The van der Waals surface area contributed by atoms with Gasteiger partial charge >= 0.3 is 6.18 Å². The van der Waals surface area contributed by atoms with Gasteiger partial charge in [0.2, 0.25) is 0 Å². The smallest absolute Gasteiger partial charge is 0.384 e. The second-order valence-corrected chi connectivity index (χ2v) is 8.18. The van der Waals surface area contributed by atoms with E-state index in [0.29, 0.717) is 5.92 Å². The van der Waals surface area contributed by atoms with Gasteiger partial charge in [0.1, 0.15) is 0 Å². The Kier molecular flexibility index (Phi) is 6.16. The molecule has 1 fully saturated rings. The maximum atomic E-state index is 12.9. The lowest BCUT2D eigenvalue weighted by atomic mass is 9.85. The molecule has 3 aromatic carbocycles. The number of nitrogens with one attached hydrogen (secondary N) is 2. The van der Waals surface area contributed by atoms with E-state index in [2.05, 4.69) is 34.9 Å². The first kappa shape index (κ1) is 21.2. The van der Waals surface area contributed by atoms with Crippen LogP contribution in [0, 0.1) is 5.92 Å². The Morgan fingerprint density at radius 1 is 0.903 bits per heavy atom. The molecule has 1 aliphatic rings. The molecule has 1 aliphatic carbocycles. The first-order chi connectivity index (χ1) is 14.9. The highest BCUT2D eigenvalue weighted by molar-refractivity contribution is 5.95. The predicted molar refractivity (Wildman–Crippen MR) is 117 cm³/mol. The number of carbonyl (C=O) groups excluding carboxylic acids is 1. The molecule has 0 saturated heterocycles. The Morgan fingerprint density at radius 3 is 2.39 bits per heavy atom. The topological polar surface area (TPSA) is 41.1 Å². The summed E-state index contributed by atoms with van der Waals surface area (Å²) < 4.78 is 38.6. The molecule has 162 valence electrons. The first-order valence-corrected chi connectivity index (χ1v) is 10.6. The van der Waals surface area contributed by atoms with Crippen molar-refractivity contribution in [3.8, 4) is 0 Å². The van der Waals surface area contributed by atoms with Crippen LogP contribution in [0.3, 0.4) is 0 Å². The summed E-state index contributed by atoms with van der Waals surface area (Å²) in [7, 11) is 0. The van der Waals surface area contributed by atoms with E-state index in [1.807, 2.05) is 18.2 Å². The molecule has 0 aliphatic heterocycles. The average molecular weight is 426 g/mol. The second-order valence-electron chi connectivity index (χ2n) is 8.18. The van der Waals surface area contributed by atoms with Crippen LogP contribution in [-0.2, 0) is 6.18 Å². The first-order valence-electron chi connectivity index (χ1n) is 10.6. The summed E-state index contributed by atoms with van der Waals surface area (Å²) >= 11 is 0. The summed E-state index contributed by atoms with van der Waals surface area (Å²) in [6.07, 6.45) is -0.874. The third-order valence-corrected chi connectivity index (χ3v) is 6.00. The minimum Gasteiger partial charge on any atom is -0.384 e. The standard InChI is InChI=1S/C25H25F3N2O/c26-25(27,28)20-8-3-7-19(15-20)24(31)30-21-13-11-17(12-14-21)16-29-23-10-4-6-18-5-1-2-9-22(18)23/h1-10,15,17,21,29H,11-14,16H2,(H,30,31). The molecular weight excluding hydrogens is 401 g/mol. The van der Waals surface area contributed by atoms with E-state index >= 15 is 0 Å². The number of amides is 1. The zero-order chi connectivity index (χ0) is 21.8. The van der Waals surface area contributed by atoms with E-state index in [1.165, 1.54) is 22.9 Å². The van der Waals surface area contributed by atoms with Crippen LogP contribution in [0.1, 0.15) is 41.6 Å². The monoisotopic (exact) mass is 426 g/mol. The number of anilines is 1. The van der Waals surface area contributed by atoms with Crippen molar-refractivity contribution in [1.82, 2.24) is 5.32 Å². The predicted octanol–water partition coefficient (Wildman–Crippen LogP) is 6.26. The van der Waals surface area contributed by atoms with Crippen LogP contribution >= 0.6 is 0 Å². The third-order valence-electron chi connectivity index (χ3n) is 6.00. The van der Waals surface area contributed by atoms with Crippen LogP contribution in [0.15, 0.2) is 66.7 Å². The van der Waals surface area contributed by atoms with E-state index in [4.69, 9.17) is 0 Å². The van der Waals surface area contributed by atoms with Crippen molar-refractivity contribution in [2.75, 3.05) is 11.9 Å². The number of halogens is 3. The molecule has 3 nitrogen and oxygen atoms in total. The highest BCUT2D eigenvalue weighted by atomic mass is 19.4. The van der Waals surface area contributed by atoms with Crippen molar-refractivity contribution in [3.63, 3.8) is 0 Å². The van der Waals surface area contributed by atoms with Crippen molar-refractivity contribution in [2.45, 2.75) is 37.9 Å². The minimum atomic E-state index is -4.45. The van der Waals surface area contributed by atoms with Crippen molar-refractivity contribution in [2.24, 2.45) is 5.92 Å². The molecule has 0 unspecified atom stereocenters. The van der Waals surface area contributed by atoms with Gasteiger partial charge < -0.3 is 10.6 Å². The number of fused-ring (bicyclic) bond motifs is 1. The van der Waals surface area contributed by atoms with Crippen molar-refractivity contribution in [3.05, 3.63) is 77.9 Å². The van der Waals surface area contributed by atoms with Gasteiger partial charge in [0.15, 0.2) is 0 Å². The lowest BCUT2D eigenvalue weighted by Crippen LogP contribution is -2.38. The Morgan fingerprint density at radius 2 is 1.61 bits per heavy atom. The molecule has 1 saturated carbocycles. The minimum absolute atomic E-state index is 0.00384. The SMILES string of the molecule is O=C(NC1CCC(CNc2cccc3ccccc23)CC1)c1cccc(C(F)(F)F)c1. The summed E-state index contributed by atoms with van der Waals surface area (Å²) in [5.41, 5.74) is 0.371. The van der Waals surface area contributed by atoms with Gasteiger partial charge in [0.25, 0.3) is 5.91 Å². The van der Waals surface area contributed by atoms with Gasteiger partial charge in [0.05, 0.1) is 5.56 Å². The number of hydrogen-bond donors (Lipinski definition) is 2. The van der Waals surface area contributed by atoms with Crippen LogP contribution in [-0.4, -0.2) is 18.5 Å². The quantitative estimate of drug-likeness (QED) is 0.506. The molecule has 0 aromatic heterocycles. The molecular formula is C25H25F3N2O. The molecule has 6 heteroatoms. The Labute approximate surface area is 179 Å². The van der Waals surface area contributed by atoms with Crippen LogP contribution in [0.2, 0.25) is 0 Å². The number of rotatable bonds is 5. The van der Waals surface area contributed by atoms with Gasteiger partial charge in [-0.15, -0.1) is 0 Å². The van der Waals surface area contributed by atoms with E-state index in [9.17, 15) is 18.0 Å². The fourth-order valence-corrected chi connectivity index (χ4v) is 4.25. The maximum Gasteiger partial charge on any atom is 0.416 e. The van der Waals surface area contributed by atoms with E-state index in [0.717, 1.165) is 50.0 Å². The molecule has 1 amide bonds.